The quantitative estimate of drug-likeness (QED) is 0.491. The van der Waals surface area contributed by atoms with Gasteiger partial charge in [-0.3, -0.25) is 6.08 Å². The summed E-state index contributed by atoms with van der Waals surface area (Å²) in [5, 5.41) is 2.64. The molecule has 0 bridgehead atoms. The Morgan fingerprint density at radius 1 is 0.960 bits per heavy atom. The third kappa shape index (κ3) is 5.19. The first-order valence-corrected chi connectivity index (χ1v) is 7.94. The molecule has 2 aromatic rings. The summed E-state index contributed by atoms with van der Waals surface area (Å²) >= 11 is 0. The van der Waals surface area contributed by atoms with Crippen LogP contribution in [0.1, 0.15) is 38.8 Å². The Hall–Kier alpha value is -0.617. The Bertz CT molecular complexity index is 816. The SMILES string of the molecule is CC1=[C-]C(C)C(C)=C1C.[C-]1=CCc2ccc3ccccc3c21.[Cl-].[Cl-].[Zr+4]. The van der Waals surface area contributed by atoms with Crippen LogP contribution in [-0.2, 0) is 32.6 Å². The zero-order chi connectivity index (χ0) is 15.7. The van der Waals surface area contributed by atoms with Gasteiger partial charge in [0.05, 0.1) is 0 Å². The molecule has 4 rings (SSSR count). The third-order valence-corrected chi connectivity index (χ3v) is 4.82. The van der Waals surface area contributed by atoms with Gasteiger partial charge in [-0.15, -0.1) is 30.0 Å². The molecular formula is C22H22Cl2Zr. The maximum Gasteiger partial charge on any atom is 4.00 e. The van der Waals surface area contributed by atoms with Crippen LogP contribution in [0.5, 0.6) is 0 Å². The minimum absolute atomic E-state index is 0. The summed E-state index contributed by atoms with van der Waals surface area (Å²) in [4.78, 5) is 0. The Kier molecular flexibility index (Phi) is 10.3. The van der Waals surface area contributed by atoms with Crippen molar-refractivity contribution in [3.05, 3.63) is 82.5 Å². The van der Waals surface area contributed by atoms with Crippen LogP contribution < -0.4 is 24.8 Å². The van der Waals surface area contributed by atoms with Crippen LogP contribution in [0.2, 0.25) is 0 Å². The van der Waals surface area contributed by atoms with E-state index in [-0.39, 0.29) is 51.0 Å². The summed E-state index contributed by atoms with van der Waals surface area (Å²) in [5.74, 6) is 0.560. The van der Waals surface area contributed by atoms with Crippen LogP contribution >= 0.6 is 0 Å². The Morgan fingerprint density at radius 3 is 2.20 bits per heavy atom. The van der Waals surface area contributed by atoms with Gasteiger partial charge in [0.15, 0.2) is 0 Å². The molecule has 2 aliphatic rings. The van der Waals surface area contributed by atoms with Gasteiger partial charge in [-0.1, -0.05) is 62.8 Å². The van der Waals surface area contributed by atoms with Gasteiger partial charge in [-0.05, 0) is 0 Å². The summed E-state index contributed by atoms with van der Waals surface area (Å²) in [6, 6.07) is 12.9. The van der Waals surface area contributed by atoms with E-state index in [4.69, 9.17) is 0 Å². The Morgan fingerprint density at radius 2 is 1.64 bits per heavy atom. The normalized spacial score (nSPS) is 16.8. The summed E-state index contributed by atoms with van der Waals surface area (Å²) in [6.07, 6.45) is 9.83. The van der Waals surface area contributed by atoms with E-state index in [0.29, 0.717) is 5.92 Å². The molecule has 2 aliphatic carbocycles. The number of fused-ring (bicyclic) bond motifs is 3. The van der Waals surface area contributed by atoms with Crippen molar-refractivity contribution >= 4 is 10.8 Å². The summed E-state index contributed by atoms with van der Waals surface area (Å²) < 4.78 is 0. The van der Waals surface area contributed by atoms with Crippen molar-refractivity contribution in [2.75, 3.05) is 0 Å². The minimum Gasteiger partial charge on any atom is -1.00 e. The average Bonchev–Trinajstić information content (AvgIpc) is 3.10. The average molecular weight is 449 g/mol. The molecule has 0 saturated heterocycles. The second-order valence-electron chi connectivity index (χ2n) is 6.17. The zero-order valence-electron chi connectivity index (χ0n) is 15.1. The van der Waals surface area contributed by atoms with E-state index in [2.05, 4.69) is 82.3 Å². The molecule has 25 heavy (non-hydrogen) atoms. The van der Waals surface area contributed by atoms with Crippen LogP contribution in [0, 0.1) is 18.1 Å². The molecule has 0 amide bonds. The standard InChI is InChI=1S/C13H9.C9H13.2ClH.Zr/c1-2-6-12-10(4-1)8-9-11-5-3-7-13(11)12;1-6-5-7(2)9(4)8(6)3;;;/h1-4,6,8-9H,5H2;6H,1-4H3;2*1H;/q2*-1;;;+4/p-2. The molecule has 0 fully saturated rings. The molecular weight excluding hydrogens is 426 g/mol. The molecule has 0 N–H and O–H groups in total. The maximum atomic E-state index is 3.36. The van der Waals surface area contributed by atoms with E-state index in [1.165, 1.54) is 38.6 Å². The molecule has 0 saturated carbocycles. The van der Waals surface area contributed by atoms with Gasteiger partial charge in [0.25, 0.3) is 0 Å². The van der Waals surface area contributed by atoms with Crippen molar-refractivity contribution in [1.82, 2.24) is 0 Å². The van der Waals surface area contributed by atoms with E-state index >= 15 is 0 Å². The Balaban J connectivity index is 0.000000435. The molecule has 1 unspecified atom stereocenters. The van der Waals surface area contributed by atoms with Crippen LogP contribution in [-0.4, -0.2) is 0 Å². The number of allylic oxidation sites excluding steroid dienone is 5. The summed E-state index contributed by atoms with van der Waals surface area (Å²) in [6.45, 7) is 8.67. The number of hydrogen-bond acceptors (Lipinski definition) is 0. The zero-order valence-corrected chi connectivity index (χ0v) is 19.1. The molecule has 2 aromatic carbocycles. The molecule has 0 radical (unpaired) electrons. The largest absolute Gasteiger partial charge is 4.00 e. The summed E-state index contributed by atoms with van der Waals surface area (Å²) in [7, 11) is 0. The van der Waals surface area contributed by atoms with Gasteiger partial charge in [0.2, 0.25) is 0 Å². The molecule has 1 atom stereocenters. The fourth-order valence-electron chi connectivity index (χ4n) is 3.08. The van der Waals surface area contributed by atoms with Crippen molar-refractivity contribution in [2.45, 2.75) is 34.1 Å². The second-order valence-corrected chi connectivity index (χ2v) is 6.17. The van der Waals surface area contributed by atoms with E-state index in [1.54, 1.807) is 0 Å². The van der Waals surface area contributed by atoms with Gasteiger partial charge in [0, 0.05) is 0 Å². The predicted octanol–water partition coefficient (Wildman–Crippen LogP) is -0.169. The van der Waals surface area contributed by atoms with Gasteiger partial charge >= 0.3 is 26.2 Å². The van der Waals surface area contributed by atoms with Crippen molar-refractivity contribution in [3.8, 4) is 0 Å². The second kappa shape index (κ2) is 10.5. The smallest absolute Gasteiger partial charge is 1.00 e. The van der Waals surface area contributed by atoms with Gasteiger partial charge in [-0.25, -0.2) is 5.57 Å². The fraction of sp³-hybridized carbons (Fsp3) is 0.273. The van der Waals surface area contributed by atoms with E-state index in [1.807, 2.05) is 0 Å². The van der Waals surface area contributed by atoms with Gasteiger partial charge in [-0.2, -0.15) is 28.9 Å². The van der Waals surface area contributed by atoms with Crippen LogP contribution in [0.4, 0.5) is 0 Å². The first-order valence-electron chi connectivity index (χ1n) is 7.94. The first-order chi connectivity index (χ1) is 10.6. The van der Waals surface area contributed by atoms with Crippen molar-refractivity contribution < 1.29 is 51.0 Å². The molecule has 0 nitrogen and oxygen atoms in total. The number of halogens is 2. The third-order valence-electron chi connectivity index (χ3n) is 4.82. The van der Waals surface area contributed by atoms with Gasteiger partial charge < -0.3 is 24.8 Å². The molecule has 3 heteroatoms. The number of rotatable bonds is 0. The Labute approximate surface area is 183 Å². The first kappa shape index (κ1) is 24.4. The molecule has 128 valence electrons. The van der Waals surface area contributed by atoms with Crippen molar-refractivity contribution in [3.63, 3.8) is 0 Å². The molecule has 0 aromatic heterocycles. The monoisotopic (exact) mass is 446 g/mol. The van der Waals surface area contributed by atoms with Gasteiger partial charge in [0.1, 0.15) is 0 Å². The maximum absolute atomic E-state index is 3.36. The number of benzene rings is 2. The number of hydrogen-bond donors (Lipinski definition) is 0. The predicted molar refractivity (Wildman–Crippen MR) is 94.5 cm³/mol. The molecule has 0 spiro atoms. The molecule has 0 aliphatic heterocycles. The minimum atomic E-state index is 0. The van der Waals surface area contributed by atoms with E-state index in [0.717, 1.165) is 6.42 Å². The van der Waals surface area contributed by atoms with Crippen LogP contribution in [0.25, 0.3) is 10.8 Å². The van der Waals surface area contributed by atoms with Crippen molar-refractivity contribution in [2.24, 2.45) is 5.92 Å². The fourth-order valence-corrected chi connectivity index (χ4v) is 3.08. The topological polar surface area (TPSA) is 0 Å². The van der Waals surface area contributed by atoms with Crippen molar-refractivity contribution in [1.29, 1.82) is 0 Å². The van der Waals surface area contributed by atoms with Crippen LogP contribution in [0.3, 0.4) is 0 Å². The van der Waals surface area contributed by atoms with E-state index < -0.39 is 0 Å². The van der Waals surface area contributed by atoms with E-state index in [9.17, 15) is 0 Å². The summed E-state index contributed by atoms with van der Waals surface area (Å²) in [5.41, 5.74) is 6.94. The molecule has 0 heterocycles. The van der Waals surface area contributed by atoms with Crippen LogP contribution in [0.15, 0.2) is 59.2 Å².